The molecule has 0 spiro atoms. The SMILES string of the molecule is Cc1ccccc1CN1CCN(C(C)C(=O)Nc2ccccc2F)CC1. The number of carbonyl (C=O) groups is 1. The summed E-state index contributed by atoms with van der Waals surface area (Å²) in [5, 5.41) is 2.70. The first-order valence-corrected chi connectivity index (χ1v) is 9.11. The van der Waals surface area contributed by atoms with Crippen molar-refractivity contribution in [2.75, 3.05) is 31.5 Å². The van der Waals surface area contributed by atoms with Gasteiger partial charge < -0.3 is 5.32 Å². The molecular formula is C21H26FN3O. The molecule has 1 atom stereocenters. The fourth-order valence-electron chi connectivity index (χ4n) is 3.30. The van der Waals surface area contributed by atoms with Crippen molar-refractivity contribution in [1.29, 1.82) is 0 Å². The molecule has 0 aliphatic carbocycles. The summed E-state index contributed by atoms with van der Waals surface area (Å²) >= 11 is 0. The summed E-state index contributed by atoms with van der Waals surface area (Å²) in [6, 6.07) is 14.4. The third kappa shape index (κ3) is 4.48. The highest BCUT2D eigenvalue weighted by molar-refractivity contribution is 5.94. The van der Waals surface area contributed by atoms with Crippen LogP contribution in [0.5, 0.6) is 0 Å². The topological polar surface area (TPSA) is 35.6 Å². The fraction of sp³-hybridized carbons (Fsp3) is 0.381. The lowest BCUT2D eigenvalue weighted by molar-refractivity contribution is -0.121. The van der Waals surface area contributed by atoms with Gasteiger partial charge in [0, 0.05) is 32.7 Å². The van der Waals surface area contributed by atoms with Crippen molar-refractivity contribution in [3.63, 3.8) is 0 Å². The molecule has 0 saturated carbocycles. The van der Waals surface area contributed by atoms with Gasteiger partial charge in [0.15, 0.2) is 0 Å². The minimum atomic E-state index is -0.406. The van der Waals surface area contributed by atoms with Crippen molar-refractivity contribution in [2.45, 2.75) is 26.4 Å². The van der Waals surface area contributed by atoms with Crippen LogP contribution in [0.2, 0.25) is 0 Å². The average Bonchev–Trinajstić information content (AvgIpc) is 2.65. The summed E-state index contributed by atoms with van der Waals surface area (Å²) in [6.45, 7) is 8.47. The third-order valence-electron chi connectivity index (χ3n) is 5.12. The molecule has 1 N–H and O–H groups in total. The Morgan fingerprint density at radius 2 is 1.73 bits per heavy atom. The lowest BCUT2D eigenvalue weighted by atomic mass is 10.1. The summed E-state index contributed by atoms with van der Waals surface area (Å²) in [6.07, 6.45) is 0. The molecule has 0 bridgehead atoms. The molecule has 1 amide bonds. The molecule has 0 aromatic heterocycles. The minimum Gasteiger partial charge on any atom is -0.322 e. The lowest BCUT2D eigenvalue weighted by Gasteiger charge is -2.37. The van der Waals surface area contributed by atoms with Gasteiger partial charge >= 0.3 is 0 Å². The van der Waals surface area contributed by atoms with Crippen molar-refractivity contribution < 1.29 is 9.18 Å². The van der Waals surface area contributed by atoms with Crippen LogP contribution >= 0.6 is 0 Å². The Balaban J connectivity index is 1.52. The third-order valence-corrected chi connectivity index (χ3v) is 5.12. The molecule has 1 heterocycles. The number of carbonyl (C=O) groups excluding carboxylic acids is 1. The van der Waals surface area contributed by atoms with Crippen LogP contribution in [0.25, 0.3) is 0 Å². The second kappa shape index (κ2) is 8.43. The van der Waals surface area contributed by atoms with Gasteiger partial charge in [0.05, 0.1) is 11.7 Å². The number of para-hydroxylation sites is 1. The van der Waals surface area contributed by atoms with Gasteiger partial charge in [0.1, 0.15) is 5.82 Å². The van der Waals surface area contributed by atoms with Crippen LogP contribution in [-0.4, -0.2) is 47.9 Å². The van der Waals surface area contributed by atoms with Crippen LogP contribution in [0.3, 0.4) is 0 Å². The largest absolute Gasteiger partial charge is 0.322 e. The molecule has 138 valence electrons. The van der Waals surface area contributed by atoms with Gasteiger partial charge in [-0.3, -0.25) is 14.6 Å². The predicted octanol–water partition coefficient (Wildman–Crippen LogP) is 3.28. The number of hydrogen-bond donors (Lipinski definition) is 1. The zero-order chi connectivity index (χ0) is 18.5. The fourth-order valence-corrected chi connectivity index (χ4v) is 3.30. The van der Waals surface area contributed by atoms with Crippen LogP contribution in [-0.2, 0) is 11.3 Å². The summed E-state index contributed by atoms with van der Waals surface area (Å²) < 4.78 is 13.7. The van der Waals surface area contributed by atoms with E-state index in [2.05, 4.69) is 46.3 Å². The average molecular weight is 355 g/mol. The number of piperazine rings is 1. The van der Waals surface area contributed by atoms with E-state index < -0.39 is 5.82 Å². The highest BCUT2D eigenvalue weighted by Crippen LogP contribution is 2.16. The summed E-state index contributed by atoms with van der Waals surface area (Å²) in [5.74, 6) is -0.571. The number of nitrogens with one attached hydrogen (secondary N) is 1. The number of aryl methyl sites for hydroxylation is 1. The number of hydrogen-bond acceptors (Lipinski definition) is 3. The number of anilines is 1. The normalized spacial score (nSPS) is 17.0. The van der Waals surface area contributed by atoms with Crippen molar-refractivity contribution in [3.05, 3.63) is 65.5 Å². The van der Waals surface area contributed by atoms with Crippen LogP contribution in [0.15, 0.2) is 48.5 Å². The smallest absolute Gasteiger partial charge is 0.241 e. The molecule has 3 rings (SSSR count). The Morgan fingerprint density at radius 3 is 2.42 bits per heavy atom. The van der Waals surface area contributed by atoms with Crippen molar-refractivity contribution in [3.8, 4) is 0 Å². The van der Waals surface area contributed by atoms with E-state index in [9.17, 15) is 9.18 Å². The van der Waals surface area contributed by atoms with Gasteiger partial charge in [-0.1, -0.05) is 36.4 Å². The second-order valence-corrected chi connectivity index (χ2v) is 6.88. The van der Waals surface area contributed by atoms with E-state index in [0.29, 0.717) is 0 Å². The summed E-state index contributed by atoms with van der Waals surface area (Å²) in [4.78, 5) is 17.0. The zero-order valence-corrected chi connectivity index (χ0v) is 15.4. The van der Waals surface area contributed by atoms with E-state index in [4.69, 9.17) is 0 Å². The van der Waals surface area contributed by atoms with Crippen molar-refractivity contribution >= 4 is 11.6 Å². The summed E-state index contributed by atoms with van der Waals surface area (Å²) in [5.41, 5.74) is 2.90. The Hall–Kier alpha value is -2.24. The maximum Gasteiger partial charge on any atom is 0.241 e. The molecule has 0 radical (unpaired) electrons. The van der Waals surface area contributed by atoms with E-state index in [-0.39, 0.29) is 17.6 Å². The molecule has 26 heavy (non-hydrogen) atoms. The molecule has 2 aromatic carbocycles. The number of amides is 1. The zero-order valence-electron chi connectivity index (χ0n) is 15.4. The molecule has 2 aromatic rings. The number of benzene rings is 2. The molecule has 1 aliphatic heterocycles. The van der Waals surface area contributed by atoms with Crippen molar-refractivity contribution in [2.24, 2.45) is 0 Å². The van der Waals surface area contributed by atoms with E-state index >= 15 is 0 Å². The van der Waals surface area contributed by atoms with Gasteiger partial charge in [-0.15, -0.1) is 0 Å². The Bertz CT molecular complexity index is 756. The quantitative estimate of drug-likeness (QED) is 0.894. The molecule has 1 saturated heterocycles. The first kappa shape index (κ1) is 18.5. The van der Waals surface area contributed by atoms with Gasteiger partial charge in [-0.05, 0) is 37.1 Å². The van der Waals surface area contributed by atoms with E-state index in [0.717, 1.165) is 32.7 Å². The molecule has 1 fully saturated rings. The molecule has 1 unspecified atom stereocenters. The monoisotopic (exact) mass is 355 g/mol. The minimum absolute atomic E-state index is 0.164. The Kier molecular flexibility index (Phi) is 6.01. The van der Waals surface area contributed by atoms with Gasteiger partial charge in [-0.25, -0.2) is 4.39 Å². The highest BCUT2D eigenvalue weighted by atomic mass is 19.1. The van der Waals surface area contributed by atoms with Crippen LogP contribution in [0.1, 0.15) is 18.1 Å². The van der Waals surface area contributed by atoms with E-state index in [1.54, 1.807) is 18.2 Å². The summed E-state index contributed by atoms with van der Waals surface area (Å²) in [7, 11) is 0. The molecule has 1 aliphatic rings. The standard InChI is InChI=1S/C21H26FN3O/c1-16-7-3-4-8-18(16)15-24-11-13-25(14-12-24)17(2)21(26)23-20-10-6-5-9-19(20)22/h3-10,17H,11-15H2,1-2H3,(H,23,26). The Morgan fingerprint density at radius 1 is 1.08 bits per heavy atom. The van der Waals surface area contributed by atoms with E-state index in [1.165, 1.54) is 17.2 Å². The number of nitrogens with zero attached hydrogens (tertiary/aromatic N) is 2. The predicted molar refractivity (Wildman–Crippen MR) is 103 cm³/mol. The maximum absolute atomic E-state index is 13.7. The van der Waals surface area contributed by atoms with Gasteiger partial charge in [0.2, 0.25) is 5.91 Å². The molecular weight excluding hydrogens is 329 g/mol. The van der Waals surface area contributed by atoms with E-state index in [1.807, 2.05) is 6.92 Å². The van der Waals surface area contributed by atoms with Crippen LogP contribution in [0, 0.1) is 12.7 Å². The van der Waals surface area contributed by atoms with Crippen LogP contribution in [0.4, 0.5) is 10.1 Å². The maximum atomic E-state index is 13.7. The first-order chi connectivity index (χ1) is 12.5. The van der Waals surface area contributed by atoms with Gasteiger partial charge in [-0.2, -0.15) is 0 Å². The second-order valence-electron chi connectivity index (χ2n) is 6.88. The first-order valence-electron chi connectivity index (χ1n) is 9.11. The van der Waals surface area contributed by atoms with Crippen LogP contribution < -0.4 is 5.32 Å². The molecule has 5 heteroatoms. The number of rotatable bonds is 5. The highest BCUT2D eigenvalue weighted by Gasteiger charge is 2.26. The number of halogens is 1. The van der Waals surface area contributed by atoms with Gasteiger partial charge in [0.25, 0.3) is 0 Å². The molecule has 4 nitrogen and oxygen atoms in total. The lowest BCUT2D eigenvalue weighted by Crippen LogP contribution is -2.52. The van der Waals surface area contributed by atoms with Crippen molar-refractivity contribution in [1.82, 2.24) is 9.80 Å². The Labute approximate surface area is 154 Å².